The third-order valence-corrected chi connectivity index (χ3v) is 4.31. The van der Waals surface area contributed by atoms with Crippen LogP contribution in [0.15, 0.2) is 24.3 Å². The van der Waals surface area contributed by atoms with E-state index in [1.807, 2.05) is 13.8 Å². The Morgan fingerprint density at radius 2 is 2.00 bits per heavy atom. The Labute approximate surface area is 131 Å². The summed E-state index contributed by atoms with van der Waals surface area (Å²) in [5.74, 6) is -1.42. The quantitative estimate of drug-likeness (QED) is 0.885. The Morgan fingerprint density at radius 3 is 2.57 bits per heavy atom. The maximum Gasteiger partial charge on any atom is 0.338 e. The summed E-state index contributed by atoms with van der Waals surface area (Å²) in [6.45, 7) is 3.77. The van der Waals surface area contributed by atoms with Crippen molar-refractivity contribution >= 4 is 39.8 Å². The predicted molar refractivity (Wildman–Crippen MR) is 84.8 cm³/mol. The van der Waals surface area contributed by atoms with Gasteiger partial charge in [-0.15, -0.1) is 11.3 Å². The van der Waals surface area contributed by atoms with Crippen LogP contribution in [0.2, 0.25) is 5.02 Å². The minimum Gasteiger partial charge on any atom is -0.478 e. The smallest absolute Gasteiger partial charge is 0.338 e. The molecule has 2 N–H and O–H groups in total. The summed E-state index contributed by atoms with van der Waals surface area (Å²) >= 11 is 7.21. The molecule has 1 aromatic carbocycles. The van der Waals surface area contributed by atoms with Crippen LogP contribution in [-0.2, 0) is 6.42 Å². The van der Waals surface area contributed by atoms with Gasteiger partial charge in [-0.25, -0.2) is 4.79 Å². The van der Waals surface area contributed by atoms with Crippen molar-refractivity contribution in [1.29, 1.82) is 0 Å². The third kappa shape index (κ3) is 3.62. The molecule has 0 aliphatic carbocycles. The Morgan fingerprint density at radius 1 is 1.29 bits per heavy atom. The summed E-state index contributed by atoms with van der Waals surface area (Å²) in [4.78, 5) is 24.4. The zero-order valence-corrected chi connectivity index (χ0v) is 13.1. The van der Waals surface area contributed by atoms with E-state index in [1.165, 1.54) is 11.3 Å². The fourth-order valence-corrected chi connectivity index (χ4v) is 3.18. The number of amides is 1. The Balaban J connectivity index is 2.30. The number of carboxylic acid groups (broad SMARTS) is 1. The van der Waals surface area contributed by atoms with Crippen molar-refractivity contribution in [3.05, 3.63) is 50.9 Å². The van der Waals surface area contributed by atoms with Gasteiger partial charge in [0.25, 0.3) is 5.91 Å². The van der Waals surface area contributed by atoms with Crippen molar-refractivity contribution < 1.29 is 14.7 Å². The molecular weight excluding hydrogens is 310 g/mol. The van der Waals surface area contributed by atoms with Gasteiger partial charge in [0.15, 0.2) is 0 Å². The molecule has 21 heavy (non-hydrogen) atoms. The molecule has 0 bridgehead atoms. The molecule has 0 saturated carbocycles. The number of nitrogens with one attached hydrogen (secondary N) is 1. The average Bonchev–Trinajstić information content (AvgIpc) is 2.80. The monoisotopic (exact) mass is 323 g/mol. The number of aromatic carboxylic acids is 1. The van der Waals surface area contributed by atoms with E-state index < -0.39 is 5.97 Å². The van der Waals surface area contributed by atoms with Crippen LogP contribution in [0.1, 0.15) is 38.1 Å². The first-order chi connectivity index (χ1) is 9.90. The van der Waals surface area contributed by atoms with Gasteiger partial charge in [0.2, 0.25) is 0 Å². The molecule has 0 radical (unpaired) electrons. The second kappa shape index (κ2) is 6.28. The summed E-state index contributed by atoms with van der Waals surface area (Å²) in [5, 5.41) is 12.7. The predicted octanol–water partition coefficient (Wildman–Crippen LogP) is 4.22. The van der Waals surface area contributed by atoms with Crippen LogP contribution in [0.3, 0.4) is 0 Å². The minimum absolute atomic E-state index is 0.115. The number of benzene rings is 1. The van der Waals surface area contributed by atoms with Crippen molar-refractivity contribution in [2.75, 3.05) is 5.32 Å². The molecule has 1 heterocycles. The lowest BCUT2D eigenvalue weighted by Crippen LogP contribution is -2.13. The first-order valence-electron chi connectivity index (χ1n) is 6.35. The molecule has 0 unspecified atom stereocenters. The van der Waals surface area contributed by atoms with Gasteiger partial charge in [-0.1, -0.05) is 18.5 Å². The fraction of sp³-hybridized carbons (Fsp3) is 0.200. The number of thiophene rings is 1. The lowest BCUT2D eigenvalue weighted by Gasteiger charge is -2.06. The largest absolute Gasteiger partial charge is 0.478 e. The van der Waals surface area contributed by atoms with E-state index in [-0.39, 0.29) is 11.5 Å². The number of halogens is 1. The lowest BCUT2D eigenvalue weighted by molar-refractivity contribution is 0.0698. The molecule has 1 amide bonds. The molecule has 0 aliphatic heterocycles. The van der Waals surface area contributed by atoms with E-state index in [0.717, 1.165) is 16.9 Å². The fourth-order valence-electron chi connectivity index (χ4n) is 1.91. The first-order valence-corrected chi connectivity index (χ1v) is 7.54. The maximum atomic E-state index is 12.2. The van der Waals surface area contributed by atoms with Crippen LogP contribution in [0.4, 0.5) is 5.00 Å². The molecular formula is C15H14ClNO3S. The molecule has 2 rings (SSSR count). The number of hydrogen-bond acceptors (Lipinski definition) is 3. The number of rotatable bonds is 4. The third-order valence-electron chi connectivity index (χ3n) is 2.89. The molecule has 4 nitrogen and oxygen atoms in total. The van der Waals surface area contributed by atoms with Crippen LogP contribution in [-0.4, -0.2) is 17.0 Å². The highest BCUT2D eigenvalue weighted by Gasteiger charge is 2.17. The number of carboxylic acids is 1. The van der Waals surface area contributed by atoms with Crippen molar-refractivity contribution in [3.63, 3.8) is 0 Å². The number of hydrogen-bond donors (Lipinski definition) is 2. The summed E-state index contributed by atoms with van der Waals surface area (Å²) < 4.78 is 0. The normalized spacial score (nSPS) is 10.4. The van der Waals surface area contributed by atoms with Gasteiger partial charge in [0.1, 0.15) is 5.00 Å². The highest BCUT2D eigenvalue weighted by Crippen LogP contribution is 2.29. The van der Waals surface area contributed by atoms with E-state index in [9.17, 15) is 14.7 Å². The van der Waals surface area contributed by atoms with Crippen LogP contribution < -0.4 is 5.32 Å². The van der Waals surface area contributed by atoms with Gasteiger partial charge in [-0.3, -0.25) is 4.79 Å². The zero-order valence-electron chi connectivity index (χ0n) is 11.6. The van der Waals surface area contributed by atoms with Crippen LogP contribution >= 0.6 is 22.9 Å². The molecule has 0 saturated heterocycles. The summed E-state index contributed by atoms with van der Waals surface area (Å²) in [6.07, 6.45) is 0.719. The van der Waals surface area contributed by atoms with Crippen molar-refractivity contribution in [2.45, 2.75) is 20.3 Å². The van der Waals surface area contributed by atoms with E-state index in [2.05, 4.69) is 5.32 Å². The van der Waals surface area contributed by atoms with Crippen LogP contribution in [0, 0.1) is 6.92 Å². The van der Waals surface area contributed by atoms with Crippen LogP contribution in [0.25, 0.3) is 0 Å². The molecule has 2 aromatic rings. The summed E-state index contributed by atoms with van der Waals surface area (Å²) in [6, 6.07) is 6.60. The molecule has 0 aliphatic rings. The van der Waals surface area contributed by atoms with Crippen molar-refractivity contribution in [1.82, 2.24) is 0 Å². The van der Waals surface area contributed by atoms with E-state index in [4.69, 9.17) is 11.6 Å². The minimum atomic E-state index is -1.05. The van der Waals surface area contributed by atoms with Gasteiger partial charge < -0.3 is 10.4 Å². The van der Waals surface area contributed by atoms with Gasteiger partial charge >= 0.3 is 5.97 Å². The maximum absolute atomic E-state index is 12.2. The molecule has 6 heteroatoms. The van der Waals surface area contributed by atoms with Crippen molar-refractivity contribution in [3.8, 4) is 0 Å². The zero-order chi connectivity index (χ0) is 15.6. The van der Waals surface area contributed by atoms with E-state index >= 15 is 0 Å². The Hall–Kier alpha value is -1.85. The van der Waals surface area contributed by atoms with Crippen molar-refractivity contribution in [2.24, 2.45) is 0 Å². The number of anilines is 1. The van der Waals surface area contributed by atoms with E-state index in [0.29, 0.717) is 15.6 Å². The van der Waals surface area contributed by atoms with Gasteiger partial charge in [0.05, 0.1) is 5.56 Å². The SMILES string of the molecule is CCc1cc(C(=O)O)c(NC(=O)c2cc(C)cc(Cl)c2)s1. The number of aryl methyl sites for hydroxylation is 2. The molecule has 0 fully saturated rings. The first kappa shape index (κ1) is 15.5. The summed E-state index contributed by atoms with van der Waals surface area (Å²) in [5.41, 5.74) is 1.39. The Kier molecular flexibility index (Phi) is 4.65. The molecule has 1 aromatic heterocycles. The topological polar surface area (TPSA) is 66.4 Å². The second-order valence-electron chi connectivity index (χ2n) is 4.59. The van der Waals surface area contributed by atoms with E-state index in [1.54, 1.807) is 24.3 Å². The highest BCUT2D eigenvalue weighted by atomic mass is 35.5. The van der Waals surface area contributed by atoms with Crippen LogP contribution in [0.5, 0.6) is 0 Å². The summed E-state index contributed by atoms with van der Waals surface area (Å²) in [7, 11) is 0. The molecule has 0 atom stereocenters. The Bertz CT molecular complexity index is 689. The lowest BCUT2D eigenvalue weighted by atomic mass is 10.1. The highest BCUT2D eigenvalue weighted by molar-refractivity contribution is 7.16. The standard InChI is InChI=1S/C15H14ClNO3S/c1-3-11-7-12(15(19)20)14(21-11)17-13(18)9-4-8(2)5-10(16)6-9/h4-7H,3H2,1-2H3,(H,17,18)(H,19,20). The molecule has 110 valence electrons. The average molecular weight is 324 g/mol. The van der Waals surface area contributed by atoms with Gasteiger partial charge in [0, 0.05) is 15.5 Å². The second-order valence-corrected chi connectivity index (χ2v) is 6.16. The number of carbonyl (C=O) groups is 2. The van der Waals surface area contributed by atoms with Gasteiger partial charge in [-0.2, -0.15) is 0 Å². The van der Waals surface area contributed by atoms with Gasteiger partial charge in [-0.05, 0) is 43.2 Å². The molecule has 0 spiro atoms. The number of carbonyl (C=O) groups excluding carboxylic acids is 1.